The molecule has 1 fully saturated rings. The molecular weight excluding hydrogens is 272 g/mol. The minimum atomic E-state index is -3.65. The van der Waals surface area contributed by atoms with Gasteiger partial charge in [0.05, 0.1) is 11.0 Å². The molecule has 4 heteroatoms. The van der Waals surface area contributed by atoms with Crippen LogP contribution in [0.5, 0.6) is 0 Å². The van der Waals surface area contributed by atoms with Crippen LogP contribution in [-0.2, 0) is 14.3 Å². The minimum Gasteiger partial charge on any atom is -0.263 e. The van der Waals surface area contributed by atoms with Gasteiger partial charge in [0.2, 0.25) is 0 Å². The minimum absolute atomic E-state index is 0.191. The van der Waals surface area contributed by atoms with Gasteiger partial charge in [0.25, 0.3) is 10.1 Å². The smallest absolute Gasteiger partial charge is 0.263 e. The summed E-state index contributed by atoms with van der Waals surface area (Å²) in [6, 6.07) is 8.43. The van der Waals surface area contributed by atoms with Crippen LogP contribution in [0, 0.1) is 17.8 Å². The first-order valence-corrected chi connectivity index (χ1v) is 8.79. The first kappa shape index (κ1) is 15.5. The Morgan fingerprint density at radius 3 is 2.40 bits per heavy atom. The highest BCUT2D eigenvalue weighted by atomic mass is 32.2. The SMILES string of the molecule is CC(C)[C@@H]1CC[C@H](C)C[C@H]1OS(=O)(=O)c1ccccc1. The van der Waals surface area contributed by atoms with Gasteiger partial charge in [-0.3, -0.25) is 4.18 Å². The van der Waals surface area contributed by atoms with Gasteiger partial charge in [-0.15, -0.1) is 0 Å². The van der Waals surface area contributed by atoms with Crippen molar-refractivity contribution in [2.45, 2.75) is 51.0 Å². The van der Waals surface area contributed by atoms with Gasteiger partial charge in [-0.05, 0) is 42.7 Å². The molecule has 3 atom stereocenters. The molecule has 0 amide bonds. The summed E-state index contributed by atoms with van der Waals surface area (Å²) >= 11 is 0. The molecule has 0 radical (unpaired) electrons. The standard InChI is InChI=1S/C16H24O3S/c1-12(2)15-10-9-13(3)11-16(15)19-20(17,18)14-7-5-4-6-8-14/h4-8,12-13,15-16H,9-11H2,1-3H3/t13-,15-,16+/m0/s1. The average molecular weight is 296 g/mol. The Balaban J connectivity index is 2.18. The van der Waals surface area contributed by atoms with E-state index < -0.39 is 10.1 Å². The van der Waals surface area contributed by atoms with E-state index in [0.717, 1.165) is 19.3 Å². The maximum Gasteiger partial charge on any atom is 0.297 e. The third kappa shape index (κ3) is 3.61. The molecular formula is C16H24O3S. The van der Waals surface area contributed by atoms with Crippen LogP contribution in [0.25, 0.3) is 0 Å². The summed E-state index contributed by atoms with van der Waals surface area (Å²) in [6.45, 7) is 6.46. The van der Waals surface area contributed by atoms with E-state index in [1.165, 1.54) is 0 Å². The van der Waals surface area contributed by atoms with Gasteiger partial charge in [-0.25, -0.2) is 0 Å². The number of hydrogen-bond donors (Lipinski definition) is 0. The summed E-state index contributed by atoms with van der Waals surface area (Å²) in [6.07, 6.45) is 2.85. The molecule has 0 aromatic heterocycles. The zero-order chi connectivity index (χ0) is 14.8. The van der Waals surface area contributed by atoms with Crippen molar-refractivity contribution in [1.82, 2.24) is 0 Å². The Hall–Kier alpha value is -0.870. The van der Waals surface area contributed by atoms with Crippen molar-refractivity contribution in [3.8, 4) is 0 Å². The molecule has 1 saturated carbocycles. The van der Waals surface area contributed by atoms with E-state index in [0.29, 0.717) is 17.8 Å². The van der Waals surface area contributed by atoms with Gasteiger partial charge in [0.15, 0.2) is 0 Å². The van der Waals surface area contributed by atoms with E-state index in [9.17, 15) is 8.42 Å². The lowest BCUT2D eigenvalue weighted by molar-refractivity contribution is 0.0511. The van der Waals surface area contributed by atoms with Crippen LogP contribution in [0.4, 0.5) is 0 Å². The van der Waals surface area contributed by atoms with E-state index in [1.54, 1.807) is 30.3 Å². The first-order valence-electron chi connectivity index (χ1n) is 7.38. The fourth-order valence-corrected chi connectivity index (χ4v) is 4.18. The van der Waals surface area contributed by atoms with Crippen molar-refractivity contribution in [2.75, 3.05) is 0 Å². The van der Waals surface area contributed by atoms with E-state index in [4.69, 9.17) is 4.18 Å². The summed E-state index contributed by atoms with van der Waals surface area (Å²) in [5, 5.41) is 0. The fraction of sp³-hybridized carbons (Fsp3) is 0.625. The van der Waals surface area contributed by atoms with Crippen molar-refractivity contribution in [2.24, 2.45) is 17.8 Å². The van der Waals surface area contributed by atoms with Gasteiger partial charge >= 0.3 is 0 Å². The van der Waals surface area contributed by atoms with Crippen LogP contribution < -0.4 is 0 Å². The normalized spacial score (nSPS) is 27.7. The molecule has 0 N–H and O–H groups in total. The molecule has 0 saturated heterocycles. The molecule has 0 heterocycles. The molecule has 0 aliphatic heterocycles. The van der Waals surface area contributed by atoms with E-state index in [-0.39, 0.29) is 11.0 Å². The van der Waals surface area contributed by atoms with Gasteiger partial charge in [-0.1, -0.05) is 45.4 Å². The topological polar surface area (TPSA) is 43.4 Å². The second kappa shape index (κ2) is 6.27. The van der Waals surface area contributed by atoms with Gasteiger partial charge in [0.1, 0.15) is 0 Å². The third-order valence-corrected chi connectivity index (χ3v) is 5.59. The highest BCUT2D eigenvalue weighted by molar-refractivity contribution is 7.86. The van der Waals surface area contributed by atoms with Crippen LogP contribution in [0.3, 0.4) is 0 Å². The lowest BCUT2D eigenvalue weighted by Crippen LogP contribution is -2.35. The second-order valence-electron chi connectivity index (χ2n) is 6.23. The molecule has 1 aromatic carbocycles. The number of benzene rings is 1. The van der Waals surface area contributed by atoms with Crippen LogP contribution in [0.15, 0.2) is 35.2 Å². The molecule has 1 aliphatic rings. The van der Waals surface area contributed by atoms with E-state index in [2.05, 4.69) is 20.8 Å². The summed E-state index contributed by atoms with van der Waals surface area (Å²) in [7, 11) is -3.65. The van der Waals surface area contributed by atoms with Crippen molar-refractivity contribution < 1.29 is 12.6 Å². The van der Waals surface area contributed by atoms with Crippen LogP contribution in [0.2, 0.25) is 0 Å². The van der Waals surface area contributed by atoms with Crippen molar-refractivity contribution in [3.63, 3.8) is 0 Å². The maximum absolute atomic E-state index is 12.4. The molecule has 112 valence electrons. The van der Waals surface area contributed by atoms with E-state index >= 15 is 0 Å². The van der Waals surface area contributed by atoms with Crippen molar-refractivity contribution in [1.29, 1.82) is 0 Å². The highest BCUT2D eigenvalue weighted by Crippen LogP contribution is 2.36. The Morgan fingerprint density at radius 1 is 1.15 bits per heavy atom. The molecule has 0 bridgehead atoms. The lowest BCUT2D eigenvalue weighted by Gasteiger charge is -2.36. The molecule has 0 unspecified atom stereocenters. The Kier molecular flexibility index (Phi) is 4.86. The van der Waals surface area contributed by atoms with Crippen molar-refractivity contribution >= 4 is 10.1 Å². The Morgan fingerprint density at radius 2 is 1.80 bits per heavy atom. The van der Waals surface area contributed by atoms with Gasteiger partial charge in [-0.2, -0.15) is 8.42 Å². The zero-order valence-electron chi connectivity index (χ0n) is 12.5. The largest absolute Gasteiger partial charge is 0.297 e. The van der Waals surface area contributed by atoms with Gasteiger partial charge in [0, 0.05) is 0 Å². The second-order valence-corrected chi connectivity index (χ2v) is 7.80. The Labute approximate surface area is 122 Å². The predicted octanol–water partition coefficient (Wildman–Crippen LogP) is 3.85. The summed E-state index contributed by atoms with van der Waals surface area (Å²) in [5.41, 5.74) is 0. The molecule has 20 heavy (non-hydrogen) atoms. The number of rotatable bonds is 4. The maximum atomic E-state index is 12.4. The fourth-order valence-electron chi connectivity index (χ4n) is 3.03. The predicted molar refractivity (Wildman–Crippen MR) is 79.8 cm³/mol. The van der Waals surface area contributed by atoms with Gasteiger partial charge < -0.3 is 0 Å². The molecule has 1 aromatic rings. The molecule has 3 nitrogen and oxygen atoms in total. The zero-order valence-corrected chi connectivity index (χ0v) is 13.3. The van der Waals surface area contributed by atoms with Crippen LogP contribution >= 0.6 is 0 Å². The summed E-state index contributed by atoms with van der Waals surface area (Å²) in [4.78, 5) is 0.251. The van der Waals surface area contributed by atoms with E-state index in [1.807, 2.05) is 0 Å². The first-order chi connectivity index (χ1) is 9.40. The average Bonchev–Trinajstić information content (AvgIpc) is 2.39. The quantitative estimate of drug-likeness (QED) is 0.793. The number of hydrogen-bond acceptors (Lipinski definition) is 3. The molecule has 2 rings (SSSR count). The summed E-state index contributed by atoms with van der Waals surface area (Å²) in [5.74, 6) is 1.30. The monoisotopic (exact) mass is 296 g/mol. The molecule has 0 spiro atoms. The Bertz CT molecular complexity index is 522. The van der Waals surface area contributed by atoms with Crippen LogP contribution in [-0.4, -0.2) is 14.5 Å². The summed E-state index contributed by atoms with van der Waals surface area (Å²) < 4.78 is 30.3. The lowest BCUT2D eigenvalue weighted by atomic mass is 9.75. The van der Waals surface area contributed by atoms with Crippen LogP contribution in [0.1, 0.15) is 40.0 Å². The highest BCUT2D eigenvalue weighted by Gasteiger charge is 2.35. The third-order valence-electron chi connectivity index (χ3n) is 4.24. The molecule has 1 aliphatic carbocycles. The van der Waals surface area contributed by atoms with Crippen molar-refractivity contribution in [3.05, 3.63) is 30.3 Å².